The van der Waals surface area contributed by atoms with Crippen molar-refractivity contribution in [3.8, 4) is 11.3 Å². The van der Waals surface area contributed by atoms with E-state index in [4.69, 9.17) is 33.0 Å². The summed E-state index contributed by atoms with van der Waals surface area (Å²) in [5.74, 6) is 0.266. The number of hydrogen-bond donors (Lipinski definition) is 1. The summed E-state index contributed by atoms with van der Waals surface area (Å²) < 4.78 is 10.8. The van der Waals surface area contributed by atoms with Crippen molar-refractivity contribution in [2.24, 2.45) is 0 Å². The molecule has 0 unspecified atom stereocenters. The van der Waals surface area contributed by atoms with Crippen LogP contribution in [0.2, 0.25) is 5.02 Å². The number of amides is 1. The molecule has 0 saturated carbocycles. The van der Waals surface area contributed by atoms with Crippen molar-refractivity contribution in [1.82, 2.24) is 5.32 Å². The van der Waals surface area contributed by atoms with Crippen LogP contribution in [-0.2, 0) is 9.53 Å². The van der Waals surface area contributed by atoms with Gasteiger partial charge in [0.1, 0.15) is 15.8 Å². The number of esters is 1. The van der Waals surface area contributed by atoms with Gasteiger partial charge in [-0.2, -0.15) is 0 Å². The minimum absolute atomic E-state index is 0.248. The van der Waals surface area contributed by atoms with Gasteiger partial charge in [-0.05, 0) is 30.3 Å². The summed E-state index contributed by atoms with van der Waals surface area (Å²) in [5, 5.41) is 2.84. The molecule has 1 aliphatic heterocycles. The lowest BCUT2D eigenvalue weighted by molar-refractivity contribution is -0.115. The van der Waals surface area contributed by atoms with E-state index in [1.807, 2.05) is 0 Å². The van der Waals surface area contributed by atoms with Crippen molar-refractivity contribution in [1.29, 1.82) is 0 Å². The van der Waals surface area contributed by atoms with E-state index < -0.39 is 5.97 Å². The summed E-state index contributed by atoms with van der Waals surface area (Å²) in [4.78, 5) is 23.8. The number of hydrogen-bond acceptors (Lipinski definition) is 6. The Bertz CT molecular complexity index is 888. The zero-order chi connectivity index (χ0) is 17.3. The molecule has 3 rings (SSSR count). The molecule has 0 radical (unpaired) electrons. The molecule has 8 heteroatoms. The number of thiocarbonyl (C=S) groups is 1. The highest BCUT2D eigenvalue weighted by Gasteiger charge is 2.22. The summed E-state index contributed by atoms with van der Waals surface area (Å²) >= 11 is 12.1. The lowest BCUT2D eigenvalue weighted by atomic mass is 10.1. The molecule has 1 aliphatic rings. The fourth-order valence-electron chi connectivity index (χ4n) is 2.08. The van der Waals surface area contributed by atoms with E-state index in [1.165, 1.54) is 18.9 Å². The molecule has 1 aromatic carbocycles. The van der Waals surface area contributed by atoms with Gasteiger partial charge >= 0.3 is 5.97 Å². The third kappa shape index (κ3) is 3.38. The van der Waals surface area contributed by atoms with Crippen molar-refractivity contribution < 1.29 is 18.7 Å². The van der Waals surface area contributed by atoms with Crippen molar-refractivity contribution in [2.75, 3.05) is 7.11 Å². The Morgan fingerprint density at radius 1 is 1.38 bits per heavy atom. The van der Waals surface area contributed by atoms with Gasteiger partial charge in [0.15, 0.2) is 0 Å². The molecular weight excluding hydrogens is 370 g/mol. The van der Waals surface area contributed by atoms with E-state index in [9.17, 15) is 9.59 Å². The van der Waals surface area contributed by atoms with Crippen molar-refractivity contribution in [3.63, 3.8) is 0 Å². The Hall–Kier alpha value is -2.09. The monoisotopic (exact) mass is 379 g/mol. The van der Waals surface area contributed by atoms with Crippen LogP contribution in [0, 0.1) is 0 Å². The number of furan rings is 1. The highest BCUT2D eigenvalue weighted by atomic mass is 35.5. The molecule has 0 aliphatic carbocycles. The van der Waals surface area contributed by atoms with E-state index >= 15 is 0 Å². The van der Waals surface area contributed by atoms with Crippen LogP contribution in [0.1, 0.15) is 16.1 Å². The van der Waals surface area contributed by atoms with Crippen LogP contribution in [0.25, 0.3) is 17.4 Å². The van der Waals surface area contributed by atoms with Gasteiger partial charge in [-0.1, -0.05) is 35.6 Å². The molecular formula is C16H10ClNO4S2. The zero-order valence-electron chi connectivity index (χ0n) is 12.3. The predicted octanol–water partition coefficient (Wildman–Crippen LogP) is 3.88. The number of benzene rings is 1. The average molecular weight is 380 g/mol. The molecule has 1 N–H and O–H groups in total. The molecule has 24 heavy (non-hydrogen) atoms. The molecule has 1 saturated heterocycles. The normalized spacial score (nSPS) is 15.7. The molecule has 0 spiro atoms. The van der Waals surface area contributed by atoms with Gasteiger partial charge in [-0.3, -0.25) is 4.79 Å². The predicted molar refractivity (Wildman–Crippen MR) is 96.8 cm³/mol. The van der Waals surface area contributed by atoms with Crippen LogP contribution >= 0.6 is 35.6 Å². The Morgan fingerprint density at radius 3 is 2.83 bits per heavy atom. The highest BCUT2D eigenvalue weighted by molar-refractivity contribution is 8.26. The van der Waals surface area contributed by atoms with Crippen LogP contribution in [0.15, 0.2) is 39.7 Å². The number of nitrogens with one attached hydrogen (secondary N) is 1. The first-order chi connectivity index (χ1) is 11.5. The Labute approximate surface area is 152 Å². The van der Waals surface area contributed by atoms with Gasteiger partial charge < -0.3 is 14.5 Å². The van der Waals surface area contributed by atoms with Gasteiger partial charge in [-0.25, -0.2) is 4.79 Å². The van der Waals surface area contributed by atoms with Crippen LogP contribution in [-0.4, -0.2) is 23.3 Å². The van der Waals surface area contributed by atoms with Gasteiger partial charge in [0, 0.05) is 11.6 Å². The lowest BCUT2D eigenvalue weighted by Gasteiger charge is -2.04. The second kappa shape index (κ2) is 6.80. The number of methoxy groups -OCH3 is 1. The summed E-state index contributed by atoms with van der Waals surface area (Å²) in [6.45, 7) is 0. The number of carbonyl (C=O) groups excluding carboxylic acids is 2. The van der Waals surface area contributed by atoms with Crippen LogP contribution in [0.4, 0.5) is 0 Å². The number of ether oxygens (including phenoxy) is 1. The smallest absolute Gasteiger partial charge is 0.339 e. The quantitative estimate of drug-likeness (QED) is 0.496. The number of thioether (sulfide) groups is 1. The van der Waals surface area contributed by atoms with E-state index in [0.717, 1.165) is 0 Å². The van der Waals surface area contributed by atoms with E-state index in [2.05, 4.69) is 5.32 Å². The summed E-state index contributed by atoms with van der Waals surface area (Å²) in [6.07, 6.45) is 1.61. The number of halogens is 1. The molecule has 0 bridgehead atoms. The molecule has 1 fully saturated rings. The van der Waals surface area contributed by atoms with Crippen molar-refractivity contribution >= 4 is 57.9 Å². The third-order valence-corrected chi connectivity index (χ3v) is 4.69. The Balaban J connectivity index is 1.91. The SMILES string of the molecule is COC(=O)c1cc(-c2ccc(/C=C3/SC(=S)NC3=O)o2)ccc1Cl. The van der Waals surface area contributed by atoms with Gasteiger partial charge in [-0.15, -0.1) is 0 Å². The summed E-state index contributed by atoms with van der Waals surface area (Å²) in [5.41, 5.74) is 0.924. The maximum atomic E-state index is 11.7. The van der Waals surface area contributed by atoms with Crippen molar-refractivity contribution in [3.05, 3.63) is 51.6 Å². The van der Waals surface area contributed by atoms with Crippen LogP contribution in [0.3, 0.4) is 0 Å². The Morgan fingerprint density at radius 2 is 2.17 bits per heavy atom. The molecule has 2 aromatic rings. The molecule has 2 heterocycles. The maximum absolute atomic E-state index is 11.7. The van der Waals surface area contributed by atoms with E-state index in [0.29, 0.717) is 31.3 Å². The lowest BCUT2D eigenvalue weighted by Crippen LogP contribution is -2.17. The molecule has 1 aromatic heterocycles. The molecule has 122 valence electrons. The zero-order valence-corrected chi connectivity index (χ0v) is 14.7. The number of carbonyl (C=O) groups is 2. The van der Waals surface area contributed by atoms with E-state index in [1.54, 1.807) is 36.4 Å². The largest absolute Gasteiger partial charge is 0.465 e. The fraction of sp³-hybridized carbons (Fsp3) is 0.0625. The van der Waals surface area contributed by atoms with E-state index in [-0.39, 0.29) is 11.5 Å². The van der Waals surface area contributed by atoms with Gasteiger partial charge in [0.2, 0.25) is 0 Å². The average Bonchev–Trinajstić information content (AvgIpc) is 3.14. The van der Waals surface area contributed by atoms with Crippen molar-refractivity contribution in [2.45, 2.75) is 0 Å². The second-order valence-corrected chi connectivity index (χ2v) is 6.87. The van der Waals surface area contributed by atoms with Crippen LogP contribution < -0.4 is 5.32 Å². The first kappa shape index (κ1) is 16.8. The summed E-state index contributed by atoms with van der Waals surface area (Å²) in [7, 11) is 1.29. The minimum atomic E-state index is -0.525. The maximum Gasteiger partial charge on any atom is 0.339 e. The molecule has 1 amide bonds. The third-order valence-electron chi connectivity index (χ3n) is 3.20. The standard InChI is InChI=1S/C16H10ClNO4S2/c1-21-15(20)10-6-8(2-4-11(10)17)12-5-3-9(22-12)7-13-14(19)18-16(23)24-13/h2-7H,1H3,(H,18,19,23)/b13-7+. The van der Waals surface area contributed by atoms with Gasteiger partial charge in [0.25, 0.3) is 5.91 Å². The first-order valence-corrected chi connectivity index (χ1v) is 8.31. The first-order valence-electron chi connectivity index (χ1n) is 6.71. The second-order valence-electron chi connectivity index (χ2n) is 4.74. The molecule has 0 atom stereocenters. The Kier molecular flexibility index (Phi) is 4.75. The molecule has 5 nitrogen and oxygen atoms in total. The highest BCUT2D eigenvalue weighted by Crippen LogP contribution is 2.30. The number of rotatable bonds is 3. The topological polar surface area (TPSA) is 68.5 Å². The minimum Gasteiger partial charge on any atom is -0.465 e. The summed E-state index contributed by atoms with van der Waals surface area (Å²) in [6, 6.07) is 8.39. The van der Waals surface area contributed by atoms with Gasteiger partial charge in [0.05, 0.1) is 22.6 Å². The fourth-order valence-corrected chi connectivity index (χ4v) is 3.30. The van der Waals surface area contributed by atoms with Crippen LogP contribution in [0.5, 0.6) is 0 Å².